The molecule has 1 atom stereocenters. The molecular weight excluding hydrogens is 378 g/mol. The second kappa shape index (κ2) is 9.21. The van der Waals surface area contributed by atoms with E-state index < -0.39 is 0 Å². The van der Waals surface area contributed by atoms with Crippen molar-refractivity contribution >= 4 is 16.9 Å². The molecule has 162 valence electrons. The summed E-state index contributed by atoms with van der Waals surface area (Å²) in [6.45, 7) is 5.67. The van der Waals surface area contributed by atoms with E-state index in [0.717, 1.165) is 48.8 Å². The molecule has 30 heavy (non-hydrogen) atoms. The Morgan fingerprint density at radius 2 is 1.87 bits per heavy atom. The highest BCUT2D eigenvalue weighted by atomic mass is 16.5. The maximum absolute atomic E-state index is 13.1. The van der Waals surface area contributed by atoms with Crippen LogP contribution in [0.4, 0.5) is 4.79 Å². The molecule has 2 N–H and O–H groups in total. The number of benzene rings is 1. The van der Waals surface area contributed by atoms with E-state index >= 15 is 0 Å². The van der Waals surface area contributed by atoms with Gasteiger partial charge in [0.05, 0.1) is 12.6 Å². The average molecular weight is 412 g/mol. The predicted octanol–water partition coefficient (Wildman–Crippen LogP) is 4.17. The molecule has 1 aromatic heterocycles. The van der Waals surface area contributed by atoms with E-state index in [4.69, 9.17) is 4.74 Å². The van der Waals surface area contributed by atoms with Crippen LogP contribution in [-0.2, 0) is 11.3 Å². The third kappa shape index (κ3) is 4.86. The van der Waals surface area contributed by atoms with Crippen molar-refractivity contribution < 1.29 is 9.53 Å². The van der Waals surface area contributed by atoms with E-state index in [1.165, 1.54) is 24.8 Å². The number of aromatic amines is 1. The number of nitrogens with zero attached hydrogens (tertiary/aromatic N) is 1. The van der Waals surface area contributed by atoms with Crippen LogP contribution < -0.4 is 10.9 Å². The number of hydrogen-bond acceptors (Lipinski definition) is 3. The van der Waals surface area contributed by atoms with Gasteiger partial charge in [-0.3, -0.25) is 4.79 Å². The standard InChI is InChI=1S/C24H33N3O3/c1-16-11-18-13-19(23(28)26-22(18)12-17(16)2)14-27(15-21-9-6-10-30-21)24(29)25-20-7-4-3-5-8-20/h11-13,20-21H,3-10,14-15H2,1-2H3,(H,25,29)(H,26,28)/t21-/m0/s1. The Morgan fingerprint density at radius 3 is 2.60 bits per heavy atom. The smallest absolute Gasteiger partial charge is 0.318 e. The number of amides is 2. The number of rotatable bonds is 5. The molecule has 1 aromatic carbocycles. The highest BCUT2D eigenvalue weighted by molar-refractivity contribution is 5.81. The van der Waals surface area contributed by atoms with Crippen LogP contribution >= 0.6 is 0 Å². The lowest BCUT2D eigenvalue weighted by Crippen LogP contribution is -2.48. The van der Waals surface area contributed by atoms with E-state index in [2.05, 4.69) is 23.3 Å². The topological polar surface area (TPSA) is 74.4 Å². The fourth-order valence-corrected chi connectivity index (χ4v) is 4.61. The number of hydrogen-bond donors (Lipinski definition) is 2. The first-order valence-corrected chi connectivity index (χ1v) is 11.3. The molecule has 2 aromatic rings. The number of nitrogens with one attached hydrogen (secondary N) is 2. The Hall–Kier alpha value is -2.34. The van der Waals surface area contributed by atoms with Crippen LogP contribution in [-0.4, -0.2) is 41.2 Å². The molecule has 1 saturated heterocycles. The summed E-state index contributed by atoms with van der Waals surface area (Å²) in [5, 5.41) is 4.20. The number of urea groups is 1. The van der Waals surface area contributed by atoms with Crippen LogP contribution in [0.5, 0.6) is 0 Å². The Labute approximate surface area is 178 Å². The molecular formula is C24H33N3O3. The van der Waals surface area contributed by atoms with Crippen molar-refractivity contribution in [2.75, 3.05) is 13.2 Å². The van der Waals surface area contributed by atoms with Gasteiger partial charge in [-0.15, -0.1) is 0 Å². The molecule has 2 amide bonds. The van der Waals surface area contributed by atoms with Gasteiger partial charge in [0.2, 0.25) is 0 Å². The number of carbonyl (C=O) groups is 1. The summed E-state index contributed by atoms with van der Waals surface area (Å²) in [5.41, 5.74) is 3.66. The molecule has 1 aliphatic heterocycles. The molecule has 0 bridgehead atoms. The molecule has 6 heteroatoms. The molecule has 4 rings (SSSR count). The van der Waals surface area contributed by atoms with E-state index in [0.29, 0.717) is 12.1 Å². The average Bonchev–Trinajstić information content (AvgIpc) is 3.23. The first kappa shape index (κ1) is 20.9. The minimum absolute atomic E-state index is 0.0477. The first-order valence-electron chi connectivity index (χ1n) is 11.3. The molecule has 2 aliphatic rings. The summed E-state index contributed by atoms with van der Waals surface area (Å²) < 4.78 is 5.78. The van der Waals surface area contributed by atoms with Crippen molar-refractivity contribution in [3.8, 4) is 0 Å². The van der Waals surface area contributed by atoms with Crippen LogP contribution in [0.15, 0.2) is 23.0 Å². The van der Waals surface area contributed by atoms with E-state index in [9.17, 15) is 9.59 Å². The molecule has 0 spiro atoms. The second-order valence-corrected chi connectivity index (χ2v) is 8.95. The Balaban J connectivity index is 1.56. The summed E-state index contributed by atoms with van der Waals surface area (Å²) in [6.07, 6.45) is 7.68. The molecule has 6 nitrogen and oxygen atoms in total. The molecule has 0 radical (unpaired) electrons. The quantitative estimate of drug-likeness (QED) is 0.775. The van der Waals surface area contributed by atoms with Crippen LogP contribution in [0.3, 0.4) is 0 Å². The summed E-state index contributed by atoms with van der Waals surface area (Å²) in [5.74, 6) is 0. The lowest BCUT2D eigenvalue weighted by Gasteiger charge is -2.29. The van der Waals surface area contributed by atoms with Crippen LogP contribution in [0.2, 0.25) is 0 Å². The van der Waals surface area contributed by atoms with E-state index in [-0.39, 0.29) is 30.3 Å². The van der Waals surface area contributed by atoms with Crippen molar-refractivity contribution in [3.05, 3.63) is 45.2 Å². The summed E-state index contributed by atoms with van der Waals surface area (Å²) >= 11 is 0. The Morgan fingerprint density at radius 1 is 1.10 bits per heavy atom. The fourth-order valence-electron chi connectivity index (χ4n) is 4.61. The van der Waals surface area contributed by atoms with Gasteiger partial charge in [-0.05, 0) is 74.2 Å². The zero-order valence-corrected chi connectivity index (χ0v) is 18.1. The zero-order valence-electron chi connectivity index (χ0n) is 18.1. The van der Waals surface area contributed by atoms with Crippen molar-refractivity contribution in [3.63, 3.8) is 0 Å². The van der Waals surface area contributed by atoms with Gasteiger partial charge in [0.15, 0.2) is 0 Å². The monoisotopic (exact) mass is 411 g/mol. The van der Waals surface area contributed by atoms with Crippen molar-refractivity contribution in [1.82, 2.24) is 15.2 Å². The molecule has 2 fully saturated rings. The first-order chi connectivity index (χ1) is 14.5. The van der Waals surface area contributed by atoms with Gasteiger partial charge < -0.3 is 19.9 Å². The molecule has 1 aliphatic carbocycles. The number of H-pyrrole nitrogens is 1. The second-order valence-electron chi connectivity index (χ2n) is 8.95. The highest BCUT2D eigenvalue weighted by Crippen LogP contribution is 2.21. The maximum atomic E-state index is 13.1. The van der Waals surface area contributed by atoms with Crippen LogP contribution in [0.25, 0.3) is 10.9 Å². The van der Waals surface area contributed by atoms with E-state index in [1.807, 2.05) is 19.1 Å². The van der Waals surface area contributed by atoms with Crippen LogP contribution in [0.1, 0.15) is 61.6 Å². The number of aryl methyl sites for hydroxylation is 2. The van der Waals surface area contributed by atoms with Gasteiger partial charge in [-0.25, -0.2) is 4.79 Å². The highest BCUT2D eigenvalue weighted by Gasteiger charge is 2.25. The van der Waals surface area contributed by atoms with Crippen molar-refractivity contribution in [2.24, 2.45) is 0 Å². The van der Waals surface area contributed by atoms with Gasteiger partial charge in [-0.1, -0.05) is 19.3 Å². The van der Waals surface area contributed by atoms with Gasteiger partial charge in [0, 0.05) is 30.3 Å². The Bertz CT molecular complexity index is 956. The van der Waals surface area contributed by atoms with Gasteiger partial charge >= 0.3 is 6.03 Å². The van der Waals surface area contributed by atoms with E-state index in [1.54, 1.807) is 4.90 Å². The summed E-state index contributed by atoms with van der Waals surface area (Å²) in [7, 11) is 0. The maximum Gasteiger partial charge on any atom is 0.318 e. The minimum atomic E-state index is -0.131. The lowest BCUT2D eigenvalue weighted by molar-refractivity contribution is 0.0784. The van der Waals surface area contributed by atoms with Crippen LogP contribution in [0, 0.1) is 13.8 Å². The molecule has 0 unspecified atom stereocenters. The molecule has 1 saturated carbocycles. The fraction of sp³-hybridized carbons (Fsp3) is 0.583. The third-order valence-electron chi connectivity index (χ3n) is 6.56. The summed E-state index contributed by atoms with van der Waals surface area (Å²) in [4.78, 5) is 30.7. The van der Waals surface area contributed by atoms with Gasteiger partial charge in [0.1, 0.15) is 0 Å². The number of ether oxygens (including phenoxy) is 1. The number of carbonyl (C=O) groups excluding carboxylic acids is 1. The van der Waals surface area contributed by atoms with Gasteiger partial charge in [-0.2, -0.15) is 0 Å². The SMILES string of the molecule is Cc1cc2cc(CN(C[C@@H]3CCCO3)C(=O)NC3CCCCC3)c(=O)[nH]c2cc1C. The van der Waals surface area contributed by atoms with Crippen molar-refractivity contribution in [2.45, 2.75) is 77.5 Å². The number of pyridine rings is 1. The largest absolute Gasteiger partial charge is 0.376 e. The normalized spacial score (nSPS) is 19.9. The third-order valence-corrected chi connectivity index (χ3v) is 6.56. The Kier molecular flexibility index (Phi) is 6.42. The number of fused-ring (bicyclic) bond motifs is 1. The number of aromatic nitrogens is 1. The molecule has 2 heterocycles. The van der Waals surface area contributed by atoms with Crippen molar-refractivity contribution in [1.29, 1.82) is 0 Å². The zero-order chi connectivity index (χ0) is 21.1. The minimum Gasteiger partial charge on any atom is -0.376 e. The lowest BCUT2D eigenvalue weighted by atomic mass is 9.96. The summed E-state index contributed by atoms with van der Waals surface area (Å²) in [6, 6.07) is 6.18. The predicted molar refractivity (Wildman–Crippen MR) is 119 cm³/mol. The van der Waals surface area contributed by atoms with Gasteiger partial charge in [0.25, 0.3) is 5.56 Å².